The van der Waals surface area contributed by atoms with Gasteiger partial charge in [0.25, 0.3) is 0 Å². The second-order valence-electron chi connectivity index (χ2n) is 6.50. The minimum Gasteiger partial charge on any atom is -0.472 e. The van der Waals surface area contributed by atoms with E-state index < -0.39 is 0 Å². The number of nitrogens with zero attached hydrogens (tertiary/aromatic N) is 6. The van der Waals surface area contributed by atoms with Crippen molar-refractivity contribution >= 4 is 29.9 Å². The molecule has 1 aromatic carbocycles. The second-order valence-corrected chi connectivity index (χ2v) is 6.50. The number of nitrogens with one attached hydrogen (secondary N) is 1. The van der Waals surface area contributed by atoms with Gasteiger partial charge in [0.1, 0.15) is 12.4 Å². The van der Waals surface area contributed by atoms with Gasteiger partial charge < -0.3 is 15.0 Å². The molecule has 0 aliphatic carbocycles. The molecule has 1 atom stereocenters. The highest BCUT2D eigenvalue weighted by Crippen LogP contribution is 2.16. The molecular weight excluding hydrogens is 481 g/mol. The Morgan fingerprint density at radius 3 is 2.79 bits per heavy atom. The number of guanidine groups is 1. The summed E-state index contributed by atoms with van der Waals surface area (Å²) in [7, 11) is 1.79. The minimum atomic E-state index is 0. The van der Waals surface area contributed by atoms with Crippen molar-refractivity contribution in [2.24, 2.45) is 4.99 Å². The number of ether oxygens (including phenoxy) is 1. The Labute approximate surface area is 187 Å². The van der Waals surface area contributed by atoms with Crippen molar-refractivity contribution in [2.75, 3.05) is 20.1 Å². The Hall–Kier alpha value is -2.69. The third-order valence-corrected chi connectivity index (χ3v) is 4.64. The predicted molar refractivity (Wildman–Crippen MR) is 122 cm³/mol. The fourth-order valence-corrected chi connectivity index (χ4v) is 3.28. The first kappa shape index (κ1) is 21.0. The topological polar surface area (TPSA) is 80.5 Å². The van der Waals surface area contributed by atoms with Crippen LogP contribution in [0.2, 0.25) is 0 Å². The maximum Gasteiger partial charge on any atom is 0.213 e. The van der Waals surface area contributed by atoms with E-state index in [1.807, 2.05) is 53.1 Å². The lowest BCUT2D eigenvalue weighted by molar-refractivity contribution is 0.205. The maximum atomic E-state index is 5.97. The molecule has 8 nitrogen and oxygen atoms in total. The van der Waals surface area contributed by atoms with Gasteiger partial charge in [-0.3, -0.25) is 9.56 Å². The van der Waals surface area contributed by atoms with Crippen molar-refractivity contribution < 1.29 is 4.74 Å². The zero-order valence-electron chi connectivity index (χ0n) is 16.2. The molecule has 1 aliphatic rings. The molecule has 4 rings (SSSR count). The molecule has 2 aromatic heterocycles. The van der Waals surface area contributed by atoms with E-state index in [4.69, 9.17) is 4.74 Å². The van der Waals surface area contributed by atoms with Gasteiger partial charge in [0.2, 0.25) is 5.88 Å². The van der Waals surface area contributed by atoms with Crippen molar-refractivity contribution in [3.05, 3.63) is 66.9 Å². The SMILES string of the molecule is CN=C(NCc1nncn1-c1ccccc1)N1CCC(Oc2ccccn2)C1.I. The number of likely N-dealkylation sites (tertiary alicyclic amines) is 1. The summed E-state index contributed by atoms with van der Waals surface area (Å²) in [5.41, 5.74) is 1.03. The number of rotatable bonds is 5. The van der Waals surface area contributed by atoms with Crippen LogP contribution in [0, 0.1) is 0 Å². The van der Waals surface area contributed by atoms with E-state index in [1.54, 1.807) is 19.6 Å². The van der Waals surface area contributed by atoms with Crippen LogP contribution < -0.4 is 10.1 Å². The number of hydrogen-bond donors (Lipinski definition) is 1. The van der Waals surface area contributed by atoms with Crippen LogP contribution in [0.3, 0.4) is 0 Å². The number of pyridine rings is 1. The normalized spacial score (nSPS) is 16.4. The molecule has 1 N–H and O–H groups in total. The van der Waals surface area contributed by atoms with Crippen LogP contribution in [0.15, 0.2) is 66.0 Å². The van der Waals surface area contributed by atoms with E-state index in [9.17, 15) is 0 Å². The summed E-state index contributed by atoms with van der Waals surface area (Å²) >= 11 is 0. The molecule has 0 saturated carbocycles. The molecule has 1 fully saturated rings. The Morgan fingerprint density at radius 1 is 1.21 bits per heavy atom. The molecule has 0 bridgehead atoms. The summed E-state index contributed by atoms with van der Waals surface area (Å²) in [6.07, 6.45) is 4.49. The van der Waals surface area contributed by atoms with Gasteiger partial charge in [-0.25, -0.2) is 4.98 Å². The lowest BCUT2D eigenvalue weighted by atomic mass is 10.3. The number of aliphatic imine (C=N–C) groups is 1. The fraction of sp³-hybridized carbons (Fsp3) is 0.300. The second kappa shape index (κ2) is 10.2. The lowest BCUT2D eigenvalue weighted by Gasteiger charge is -2.21. The van der Waals surface area contributed by atoms with Crippen molar-refractivity contribution in [1.29, 1.82) is 0 Å². The lowest BCUT2D eigenvalue weighted by Crippen LogP contribution is -2.40. The third kappa shape index (κ3) is 5.22. The highest BCUT2D eigenvalue weighted by Gasteiger charge is 2.26. The number of hydrogen-bond acceptors (Lipinski definition) is 5. The summed E-state index contributed by atoms with van der Waals surface area (Å²) in [6.45, 7) is 2.17. The van der Waals surface area contributed by atoms with Gasteiger partial charge in [-0.2, -0.15) is 0 Å². The molecule has 1 saturated heterocycles. The maximum absolute atomic E-state index is 5.97. The summed E-state index contributed by atoms with van der Waals surface area (Å²) in [6, 6.07) is 15.7. The first-order chi connectivity index (χ1) is 13.8. The van der Waals surface area contributed by atoms with Crippen LogP contribution in [-0.4, -0.2) is 56.8 Å². The van der Waals surface area contributed by atoms with Gasteiger partial charge in [0.05, 0.1) is 13.1 Å². The molecule has 152 valence electrons. The Morgan fingerprint density at radius 2 is 2.03 bits per heavy atom. The van der Waals surface area contributed by atoms with Gasteiger partial charge >= 0.3 is 0 Å². The predicted octanol–water partition coefficient (Wildman–Crippen LogP) is 2.51. The van der Waals surface area contributed by atoms with Crippen LogP contribution in [0.4, 0.5) is 0 Å². The molecule has 0 radical (unpaired) electrons. The van der Waals surface area contributed by atoms with Gasteiger partial charge in [0, 0.05) is 38.0 Å². The third-order valence-electron chi connectivity index (χ3n) is 4.64. The molecular formula is C20H24IN7O. The highest BCUT2D eigenvalue weighted by molar-refractivity contribution is 14.0. The monoisotopic (exact) mass is 505 g/mol. The zero-order valence-corrected chi connectivity index (χ0v) is 18.5. The van der Waals surface area contributed by atoms with E-state index in [-0.39, 0.29) is 30.1 Å². The van der Waals surface area contributed by atoms with E-state index >= 15 is 0 Å². The summed E-state index contributed by atoms with van der Waals surface area (Å²) < 4.78 is 7.94. The summed E-state index contributed by atoms with van der Waals surface area (Å²) in [5.74, 6) is 2.32. The average molecular weight is 505 g/mol. The van der Waals surface area contributed by atoms with Crippen molar-refractivity contribution in [3.8, 4) is 11.6 Å². The molecule has 9 heteroatoms. The van der Waals surface area contributed by atoms with Crippen LogP contribution in [0.25, 0.3) is 5.69 Å². The Balaban J connectivity index is 0.00000240. The number of aromatic nitrogens is 4. The Bertz CT molecular complexity index is 917. The molecule has 0 amide bonds. The number of para-hydroxylation sites is 1. The summed E-state index contributed by atoms with van der Waals surface area (Å²) in [4.78, 5) is 10.8. The Kier molecular flexibility index (Phi) is 7.39. The fourth-order valence-electron chi connectivity index (χ4n) is 3.28. The standard InChI is InChI=1S/C20H23N7O.HI/c1-21-20(26-12-10-17(14-26)28-19-9-5-6-11-22-19)23-13-18-25-24-15-27(18)16-7-3-2-4-8-16;/h2-9,11,15,17H,10,12-14H2,1H3,(H,21,23);1H. The first-order valence-corrected chi connectivity index (χ1v) is 9.31. The van der Waals surface area contributed by atoms with E-state index in [0.29, 0.717) is 12.4 Å². The van der Waals surface area contributed by atoms with Crippen LogP contribution in [-0.2, 0) is 6.54 Å². The highest BCUT2D eigenvalue weighted by atomic mass is 127. The summed E-state index contributed by atoms with van der Waals surface area (Å²) in [5, 5.41) is 11.7. The average Bonchev–Trinajstić information content (AvgIpc) is 3.40. The minimum absolute atomic E-state index is 0. The van der Waals surface area contributed by atoms with Crippen LogP contribution in [0.5, 0.6) is 5.88 Å². The molecule has 3 heterocycles. The molecule has 0 spiro atoms. The van der Waals surface area contributed by atoms with Crippen LogP contribution >= 0.6 is 24.0 Å². The number of halogens is 1. The van der Waals surface area contributed by atoms with Crippen LogP contribution in [0.1, 0.15) is 12.2 Å². The largest absolute Gasteiger partial charge is 0.472 e. The van der Waals surface area contributed by atoms with E-state index in [0.717, 1.165) is 37.0 Å². The number of benzene rings is 1. The van der Waals surface area contributed by atoms with E-state index in [1.165, 1.54) is 0 Å². The zero-order chi connectivity index (χ0) is 19.2. The van der Waals surface area contributed by atoms with Gasteiger partial charge in [0.15, 0.2) is 11.8 Å². The molecule has 1 unspecified atom stereocenters. The molecule has 29 heavy (non-hydrogen) atoms. The van der Waals surface area contributed by atoms with Crippen molar-refractivity contribution in [3.63, 3.8) is 0 Å². The van der Waals surface area contributed by atoms with Gasteiger partial charge in [-0.1, -0.05) is 24.3 Å². The quantitative estimate of drug-likeness (QED) is 0.326. The van der Waals surface area contributed by atoms with E-state index in [2.05, 4.69) is 30.4 Å². The van der Waals surface area contributed by atoms with Gasteiger partial charge in [-0.15, -0.1) is 34.2 Å². The molecule has 1 aliphatic heterocycles. The van der Waals surface area contributed by atoms with Gasteiger partial charge in [-0.05, 0) is 18.2 Å². The molecule has 3 aromatic rings. The van der Waals surface area contributed by atoms with Crippen molar-refractivity contribution in [1.82, 2.24) is 30.0 Å². The smallest absolute Gasteiger partial charge is 0.213 e. The first-order valence-electron chi connectivity index (χ1n) is 9.31. The van der Waals surface area contributed by atoms with Crippen molar-refractivity contribution in [2.45, 2.75) is 19.1 Å².